The predicted molar refractivity (Wildman–Crippen MR) is 90.1 cm³/mol. The van der Waals surface area contributed by atoms with Gasteiger partial charge in [-0.2, -0.15) is 0 Å². The molecule has 128 valence electrons. The first-order chi connectivity index (χ1) is 11.5. The molecule has 1 fully saturated rings. The Morgan fingerprint density at radius 3 is 2.92 bits per heavy atom. The molecule has 2 N–H and O–H groups in total. The smallest absolute Gasteiger partial charge is 0.265 e. The number of carbonyl (C=O) groups excluding carboxylic acids is 1. The average Bonchev–Trinajstić information content (AvgIpc) is 3.21. The Kier molecular flexibility index (Phi) is 4.72. The van der Waals surface area contributed by atoms with Gasteiger partial charge in [0.25, 0.3) is 5.91 Å². The fourth-order valence-electron chi connectivity index (χ4n) is 2.68. The average molecular weight is 348 g/mol. The number of aliphatic hydroxyl groups is 1. The van der Waals surface area contributed by atoms with E-state index in [9.17, 15) is 9.90 Å². The van der Waals surface area contributed by atoms with Crippen LogP contribution < -0.4 is 10.2 Å². The monoisotopic (exact) mass is 348 g/mol. The summed E-state index contributed by atoms with van der Waals surface area (Å²) in [5.74, 6) is 0.481. The lowest BCUT2D eigenvalue weighted by Crippen LogP contribution is -2.45. The van der Waals surface area contributed by atoms with E-state index >= 15 is 0 Å². The van der Waals surface area contributed by atoms with Crippen LogP contribution in [0.1, 0.15) is 41.6 Å². The first kappa shape index (κ1) is 16.7. The lowest BCUT2D eigenvalue weighted by atomic mass is 10.0. The second kappa shape index (κ2) is 6.78. The molecule has 3 rings (SSSR count). The number of hydrogen-bond donors (Lipinski definition) is 2. The predicted octanol–water partition coefficient (Wildman–Crippen LogP) is 0.823. The second-order valence-electron chi connectivity index (χ2n) is 6.27. The van der Waals surface area contributed by atoms with Crippen LogP contribution in [0.3, 0.4) is 0 Å². The largest absolute Gasteiger partial charge is 0.386 e. The number of carbonyl (C=O) groups is 1. The molecule has 0 spiro atoms. The molecule has 2 aromatic heterocycles. The maximum Gasteiger partial charge on any atom is 0.265 e. The second-order valence-corrected chi connectivity index (χ2v) is 7.02. The van der Waals surface area contributed by atoms with E-state index in [0.717, 1.165) is 11.5 Å². The zero-order chi connectivity index (χ0) is 17.2. The molecule has 9 heteroatoms. The Hall–Kier alpha value is -2.13. The van der Waals surface area contributed by atoms with E-state index in [1.165, 1.54) is 0 Å². The maximum absolute atomic E-state index is 12.4. The number of nitrogens with one attached hydrogen (secondary N) is 1. The highest BCUT2D eigenvalue weighted by Crippen LogP contribution is 2.24. The van der Waals surface area contributed by atoms with E-state index in [1.807, 2.05) is 18.7 Å². The molecule has 0 unspecified atom stereocenters. The van der Waals surface area contributed by atoms with E-state index in [2.05, 4.69) is 24.9 Å². The molecule has 3 heterocycles. The zero-order valence-corrected chi connectivity index (χ0v) is 14.5. The van der Waals surface area contributed by atoms with Gasteiger partial charge < -0.3 is 15.3 Å². The van der Waals surface area contributed by atoms with Crippen LogP contribution in [0, 0.1) is 0 Å². The van der Waals surface area contributed by atoms with Gasteiger partial charge in [0.05, 0.1) is 12.2 Å². The Balaban J connectivity index is 1.60. The zero-order valence-electron chi connectivity index (χ0n) is 13.6. The topological polar surface area (TPSA) is 104 Å². The summed E-state index contributed by atoms with van der Waals surface area (Å²) in [4.78, 5) is 23.2. The van der Waals surface area contributed by atoms with Crippen molar-refractivity contribution in [2.45, 2.75) is 31.8 Å². The van der Waals surface area contributed by atoms with Gasteiger partial charge in [0, 0.05) is 25.5 Å². The van der Waals surface area contributed by atoms with E-state index in [1.54, 1.807) is 18.5 Å². The molecule has 0 aromatic carbocycles. The van der Waals surface area contributed by atoms with Gasteiger partial charge in [0.1, 0.15) is 10.5 Å². The Morgan fingerprint density at radius 2 is 2.21 bits per heavy atom. The van der Waals surface area contributed by atoms with Gasteiger partial charge >= 0.3 is 0 Å². The van der Waals surface area contributed by atoms with Crippen LogP contribution in [0.25, 0.3) is 0 Å². The summed E-state index contributed by atoms with van der Waals surface area (Å²) in [7, 11) is 0. The number of nitrogens with zero attached hydrogens (tertiary/aromatic N) is 5. The van der Waals surface area contributed by atoms with Crippen LogP contribution in [0.15, 0.2) is 18.5 Å². The molecule has 8 nitrogen and oxygen atoms in total. The summed E-state index contributed by atoms with van der Waals surface area (Å²) in [6.07, 6.45) is 3.89. The highest BCUT2D eigenvalue weighted by molar-refractivity contribution is 7.08. The third kappa shape index (κ3) is 3.51. The van der Waals surface area contributed by atoms with Crippen molar-refractivity contribution in [2.75, 3.05) is 24.5 Å². The Labute approximate surface area is 144 Å². The molecular formula is C15H20N6O2S. The number of β-amino-alcohol motifs (C(OH)–C–C–N with tert-alkyl or cyclic N) is 1. The maximum atomic E-state index is 12.4. The number of rotatable bonds is 5. The molecule has 1 aliphatic heterocycles. The van der Waals surface area contributed by atoms with Gasteiger partial charge in [-0.15, -0.1) is 5.10 Å². The van der Waals surface area contributed by atoms with Crippen LogP contribution in [-0.2, 0) is 0 Å². The summed E-state index contributed by atoms with van der Waals surface area (Å²) >= 11 is 1.08. The number of hydrogen-bond acceptors (Lipinski definition) is 8. The molecule has 1 saturated heterocycles. The first-order valence-electron chi connectivity index (χ1n) is 7.83. The SMILES string of the molecule is CC(C)c1nnsc1C(=O)NC[C@@]1(O)CCN(c2ncccn2)C1. The molecule has 0 aliphatic carbocycles. The molecule has 1 aliphatic rings. The third-order valence-electron chi connectivity index (χ3n) is 4.01. The fourth-order valence-corrected chi connectivity index (χ4v) is 3.42. The molecule has 24 heavy (non-hydrogen) atoms. The van der Waals surface area contributed by atoms with Gasteiger partial charge in [-0.25, -0.2) is 9.97 Å². The Morgan fingerprint density at radius 1 is 1.46 bits per heavy atom. The number of amides is 1. The third-order valence-corrected chi connectivity index (χ3v) is 4.75. The van der Waals surface area contributed by atoms with Crippen molar-refractivity contribution in [3.63, 3.8) is 0 Å². The molecule has 0 bridgehead atoms. The van der Waals surface area contributed by atoms with Crippen LogP contribution >= 0.6 is 11.5 Å². The molecular weight excluding hydrogens is 328 g/mol. The van der Waals surface area contributed by atoms with Crippen molar-refractivity contribution in [1.29, 1.82) is 0 Å². The highest BCUT2D eigenvalue weighted by atomic mass is 32.1. The quantitative estimate of drug-likeness (QED) is 0.824. The van der Waals surface area contributed by atoms with E-state index in [4.69, 9.17) is 0 Å². The van der Waals surface area contributed by atoms with Crippen LogP contribution in [-0.4, -0.2) is 55.8 Å². The molecule has 1 atom stereocenters. The molecule has 0 radical (unpaired) electrons. The summed E-state index contributed by atoms with van der Waals surface area (Å²) < 4.78 is 3.86. The molecule has 2 aromatic rings. The lowest BCUT2D eigenvalue weighted by Gasteiger charge is -2.23. The minimum absolute atomic E-state index is 0.129. The van der Waals surface area contributed by atoms with Gasteiger partial charge in [0.2, 0.25) is 5.95 Å². The highest BCUT2D eigenvalue weighted by Gasteiger charge is 2.37. The van der Waals surface area contributed by atoms with Crippen LogP contribution in [0.4, 0.5) is 5.95 Å². The minimum Gasteiger partial charge on any atom is -0.386 e. The molecule has 0 saturated carbocycles. The number of aromatic nitrogens is 4. The van der Waals surface area contributed by atoms with Crippen molar-refractivity contribution in [1.82, 2.24) is 24.9 Å². The van der Waals surface area contributed by atoms with Crippen molar-refractivity contribution in [3.8, 4) is 0 Å². The van der Waals surface area contributed by atoms with Crippen LogP contribution in [0.5, 0.6) is 0 Å². The fraction of sp³-hybridized carbons (Fsp3) is 0.533. The van der Waals surface area contributed by atoms with Gasteiger partial charge in [-0.3, -0.25) is 4.79 Å². The van der Waals surface area contributed by atoms with Crippen molar-refractivity contribution >= 4 is 23.4 Å². The Bertz CT molecular complexity index is 707. The number of anilines is 1. The first-order valence-corrected chi connectivity index (χ1v) is 8.61. The minimum atomic E-state index is -0.995. The van der Waals surface area contributed by atoms with Gasteiger partial charge in [-0.05, 0) is 29.9 Å². The normalized spacial score (nSPS) is 20.6. The lowest BCUT2D eigenvalue weighted by molar-refractivity contribution is 0.0576. The van der Waals surface area contributed by atoms with Gasteiger partial charge in [0.15, 0.2) is 0 Å². The summed E-state index contributed by atoms with van der Waals surface area (Å²) in [6.45, 7) is 5.14. The standard InChI is InChI=1S/C15H20N6O2S/c1-10(2)11-12(24-20-19-11)13(22)18-8-15(23)4-7-21(9-15)14-16-5-3-6-17-14/h3,5-6,10,23H,4,7-9H2,1-2H3,(H,18,22)/t15-/m0/s1. The van der Waals surface area contributed by atoms with Crippen molar-refractivity contribution in [2.24, 2.45) is 0 Å². The summed E-state index contributed by atoms with van der Waals surface area (Å²) in [6, 6.07) is 1.75. The summed E-state index contributed by atoms with van der Waals surface area (Å²) in [5.41, 5.74) is -0.305. The van der Waals surface area contributed by atoms with E-state index in [0.29, 0.717) is 36.0 Å². The van der Waals surface area contributed by atoms with E-state index < -0.39 is 5.60 Å². The molecule has 1 amide bonds. The van der Waals surface area contributed by atoms with Crippen molar-refractivity contribution < 1.29 is 9.90 Å². The van der Waals surface area contributed by atoms with Crippen molar-refractivity contribution in [3.05, 3.63) is 29.0 Å². The summed E-state index contributed by atoms with van der Waals surface area (Å²) in [5, 5.41) is 17.5. The van der Waals surface area contributed by atoms with Crippen LogP contribution in [0.2, 0.25) is 0 Å². The van der Waals surface area contributed by atoms with E-state index in [-0.39, 0.29) is 18.4 Å². The van der Waals surface area contributed by atoms with Gasteiger partial charge in [-0.1, -0.05) is 18.3 Å².